The Kier molecular flexibility index (Phi) is 5.75. The average Bonchev–Trinajstić information content (AvgIpc) is 1.95. The fourth-order valence-electron chi connectivity index (χ4n) is 0.814. The molecule has 0 rings (SSSR count). The normalized spacial score (nSPS) is 15.0. The molecule has 6 heteroatoms. The van der Waals surface area contributed by atoms with E-state index in [4.69, 9.17) is 0 Å². The van der Waals surface area contributed by atoms with Gasteiger partial charge >= 0.3 is 6.18 Å². The summed E-state index contributed by atoms with van der Waals surface area (Å²) in [6.45, 7) is -0.0345. The summed E-state index contributed by atoms with van der Waals surface area (Å²) in [5, 5.41) is 2.79. The van der Waals surface area contributed by atoms with Crippen molar-refractivity contribution < 1.29 is 13.2 Å². The van der Waals surface area contributed by atoms with Crippen LogP contribution in [-0.4, -0.2) is 43.5 Å². The quantitative estimate of drug-likeness (QED) is 0.705. The molecule has 1 unspecified atom stereocenters. The Hall–Kier alpha value is 0.0600. The zero-order chi connectivity index (χ0) is 10.5. The lowest BCUT2D eigenvalue weighted by Crippen LogP contribution is -2.40. The molecule has 0 bridgehead atoms. The van der Waals surface area contributed by atoms with Crippen molar-refractivity contribution in [3.8, 4) is 0 Å². The summed E-state index contributed by atoms with van der Waals surface area (Å²) in [6.07, 6.45) is -2.99. The third-order valence-corrected chi connectivity index (χ3v) is 2.45. The zero-order valence-electron chi connectivity index (χ0n) is 7.98. The molecule has 0 aliphatic rings. The second-order valence-corrected chi connectivity index (χ2v) is 3.79. The molecule has 0 amide bonds. The van der Waals surface area contributed by atoms with Gasteiger partial charge in [0.1, 0.15) is 5.50 Å². The van der Waals surface area contributed by atoms with Gasteiger partial charge in [-0.15, -0.1) is 11.8 Å². The van der Waals surface area contributed by atoms with E-state index in [0.717, 1.165) is 0 Å². The molecule has 0 aliphatic carbocycles. The van der Waals surface area contributed by atoms with Crippen molar-refractivity contribution in [2.75, 3.05) is 26.9 Å². The Balaban J connectivity index is 3.62. The number of hydrogen-bond donors (Lipinski definition) is 1. The number of nitrogens with zero attached hydrogens (tertiary/aromatic N) is 1. The molecule has 1 N–H and O–H groups in total. The van der Waals surface area contributed by atoms with E-state index in [0.29, 0.717) is 0 Å². The van der Waals surface area contributed by atoms with E-state index in [1.807, 2.05) is 25.3 Å². The Morgan fingerprint density at radius 3 is 2.23 bits per heavy atom. The summed E-state index contributed by atoms with van der Waals surface area (Å²) in [6, 6.07) is 0. The lowest BCUT2D eigenvalue weighted by Gasteiger charge is -2.23. The van der Waals surface area contributed by atoms with Gasteiger partial charge in [0.2, 0.25) is 0 Å². The highest BCUT2D eigenvalue weighted by atomic mass is 32.2. The second-order valence-electron chi connectivity index (χ2n) is 2.87. The maximum atomic E-state index is 11.8. The average molecular weight is 216 g/mol. The minimum atomic E-state index is -4.07. The summed E-state index contributed by atoms with van der Waals surface area (Å²) >= 11 is 1.48. The molecule has 0 saturated heterocycles. The smallest absolute Gasteiger partial charge is 0.293 e. The van der Waals surface area contributed by atoms with Crippen LogP contribution in [0.4, 0.5) is 13.2 Å². The first-order valence-electron chi connectivity index (χ1n) is 3.86. The zero-order valence-corrected chi connectivity index (χ0v) is 8.80. The molecule has 0 aromatic carbocycles. The number of thioether (sulfide) groups is 1. The number of nitrogens with one attached hydrogen (secondary N) is 1. The van der Waals surface area contributed by atoms with E-state index in [-0.39, 0.29) is 12.0 Å². The molecule has 2 nitrogen and oxygen atoms in total. The van der Waals surface area contributed by atoms with Crippen LogP contribution in [0.3, 0.4) is 0 Å². The van der Waals surface area contributed by atoms with Crippen LogP contribution in [0.5, 0.6) is 0 Å². The van der Waals surface area contributed by atoms with Gasteiger partial charge in [-0.05, 0) is 20.4 Å². The van der Waals surface area contributed by atoms with Crippen molar-refractivity contribution in [3.05, 3.63) is 0 Å². The van der Waals surface area contributed by atoms with Crippen molar-refractivity contribution >= 4 is 11.8 Å². The van der Waals surface area contributed by atoms with E-state index in [2.05, 4.69) is 5.32 Å². The first kappa shape index (κ1) is 13.1. The fraction of sp³-hybridized carbons (Fsp3) is 1.00. The predicted octanol–water partition coefficient (Wildman–Crippen LogP) is 1.74. The number of halogens is 3. The summed E-state index contributed by atoms with van der Waals surface area (Å²) in [4.78, 5) is 1.83. The highest BCUT2D eigenvalue weighted by Gasteiger charge is 2.26. The largest absolute Gasteiger partial charge is 0.390 e. The van der Waals surface area contributed by atoms with Crippen molar-refractivity contribution in [2.45, 2.75) is 18.1 Å². The molecule has 0 aliphatic heterocycles. The fourth-order valence-corrected chi connectivity index (χ4v) is 1.52. The Morgan fingerprint density at radius 1 is 1.38 bits per heavy atom. The summed E-state index contributed by atoms with van der Waals surface area (Å²) in [5.41, 5.74) is -0.0534. The molecule has 0 radical (unpaired) electrons. The highest BCUT2D eigenvalue weighted by Crippen LogP contribution is 2.18. The minimum Gasteiger partial charge on any atom is -0.293 e. The molecule has 0 aromatic rings. The van der Waals surface area contributed by atoms with E-state index < -0.39 is 12.6 Å². The molecule has 1 atom stereocenters. The van der Waals surface area contributed by atoms with Gasteiger partial charge in [-0.25, -0.2) is 0 Å². The molecule has 80 valence electrons. The van der Waals surface area contributed by atoms with Crippen molar-refractivity contribution in [2.24, 2.45) is 0 Å². The molecule has 0 heterocycles. The standard InChI is InChI=1S/C7H15F3N2S/c1-12(2)6(13-3)11-5-4-7(8,9)10/h6,11H,4-5H2,1-3H3. The van der Waals surface area contributed by atoms with Crippen LogP contribution >= 0.6 is 11.8 Å². The maximum Gasteiger partial charge on any atom is 0.390 e. The second kappa shape index (κ2) is 5.72. The Morgan fingerprint density at radius 2 is 1.92 bits per heavy atom. The van der Waals surface area contributed by atoms with Gasteiger partial charge in [0.05, 0.1) is 6.42 Å². The van der Waals surface area contributed by atoms with Crippen LogP contribution in [0.1, 0.15) is 6.42 Å². The van der Waals surface area contributed by atoms with Gasteiger partial charge in [-0.2, -0.15) is 13.2 Å². The predicted molar refractivity (Wildman–Crippen MR) is 49.7 cm³/mol. The molecule has 0 saturated carbocycles. The van der Waals surface area contributed by atoms with Crippen LogP contribution in [-0.2, 0) is 0 Å². The number of alkyl halides is 3. The maximum absolute atomic E-state index is 11.8. The summed E-state index contributed by atoms with van der Waals surface area (Å²) in [7, 11) is 3.64. The third-order valence-electron chi connectivity index (χ3n) is 1.42. The van der Waals surface area contributed by atoms with E-state index in [9.17, 15) is 13.2 Å². The monoisotopic (exact) mass is 216 g/mol. The third kappa shape index (κ3) is 7.16. The van der Waals surface area contributed by atoms with Gasteiger partial charge in [0.25, 0.3) is 0 Å². The van der Waals surface area contributed by atoms with Crippen molar-refractivity contribution in [3.63, 3.8) is 0 Å². The topological polar surface area (TPSA) is 15.3 Å². The first-order valence-corrected chi connectivity index (χ1v) is 5.15. The van der Waals surface area contributed by atoms with Gasteiger partial charge in [-0.1, -0.05) is 0 Å². The van der Waals surface area contributed by atoms with E-state index in [1.165, 1.54) is 11.8 Å². The highest BCUT2D eigenvalue weighted by molar-refractivity contribution is 7.99. The Bertz CT molecular complexity index is 138. The van der Waals surface area contributed by atoms with Crippen LogP contribution in [0, 0.1) is 0 Å². The lowest BCUT2D eigenvalue weighted by atomic mass is 10.4. The molecular formula is C7H15F3N2S. The van der Waals surface area contributed by atoms with Gasteiger partial charge < -0.3 is 0 Å². The first-order chi connectivity index (χ1) is 5.87. The molecule has 13 heavy (non-hydrogen) atoms. The molecular weight excluding hydrogens is 201 g/mol. The lowest BCUT2D eigenvalue weighted by molar-refractivity contribution is -0.133. The summed E-state index contributed by atoms with van der Waals surface area (Å²) < 4.78 is 35.3. The molecule has 0 fully saturated rings. The number of hydrogen-bond acceptors (Lipinski definition) is 3. The van der Waals surface area contributed by atoms with E-state index >= 15 is 0 Å². The van der Waals surface area contributed by atoms with Crippen molar-refractivity contribution in [1.82, 2.24) is 10.2 Å². The van der Waals surface area contributed by atoms with Gasteiger partial charge in [-0.3, -0.25) is 10.2 Å². The van der Waals surface area contributed by atoms with Crippen molar-refractivity contribution in [1.29, 1.82) is 0 Å². The van der Waals surface area contributed by atoms with Crippen LogP contribution in [0.25, 0.3) is 0 Å². The Labute approximate surface area is 80.9 Å². The van der Waals surface area contributed by atoms with E-state index in [1.54, 1.807) is 0 Å². The molecule has 0 spiro atoms. The van der Waals surface area contributed by atoms with Gasteiger partial charge in [0, 0.05) is 6.54 Å². The molecule has 0 aromatic heterocycles. The summed E-state index contributed by atoms with van der Waals surface area (Å²) in [5.74, 6) is 0. The van der Waals surface area contributed by atoms with Crippen LogP contribution in [0.15, 0.2) is 0 Å². The minimum absolute atomic E-state index is 0.0345. The SMILES string of the molecule is CSC(NCCC(F)(F)F)N(C)C. The van der Waals surface area contributed by atoms with Crippen LogP contribution in [0.2, 0.25) is 0 Å². The number of rotatable bonds is 5. The van der Waals surface area contributed by atoms with Crippen LogP contribution < -0.4 is 5.32 Å². The van der Waals surface area contributed by atoms with Gasteiger partial charge in [0.15, 0.2) is 0 Å².